The molecule has 17 heavy (non-hydrogen) atoms. The second-order valence-corrected chi connectivity index (χ2v) is 4.74. The van der Waals surface area contributed by atoms with Gasteiger partial charge in [-0.25, -0.2) is 0 Å². The minimum Gasteiger partial charge on any atom is -0.493 e. The van der Waals surface area contributed by atoms with Crippen molar-refractivity contribution in [2.75, 3.05) is 6.61 Å². The van der Waals surface area contributed by atoms with E-state index < -0.39 is 0 Å². The van der Waals surface area contributed by atoms with Crippen LogP contribution in [0, 0.1) is 11.8 Å². The molecule has 0 saturated heterocycles. The van der Waals surface area contributed by atoms with Crippen molar-refractivity contribution < 1.29 is 4.74 Å². The Morgan fingerprint density at radius 3 is 2.53 bits per heavy atom. The van der Waals surface area contributed by atoms with Gasteiger partial charge in [0.1, 0.15) is 5.76 Å². The second-order valence-electron chi connectivity index (χ2n) is 4.74. The molecule has 2 rings (SSSR count). The highest BCUT2D eigenvalue weighted by atomic mass is 16.5. The van der Waals surface area contributed by atoms with Gasteiger partial charge in [-0.2, -0.15) is 0 Å². The van der Waals surface area contributed by atoms with E-state index in [1.54, 1.807) is 0 Å². The zero-order chi connectivity index (χ0) is 12.1. The van der Waals surface area contributed by atoms with Gasteiger partial charge in [0.15, 0.2) is 0 Å². The van der Waals surface area contributed by atoms with Gasteiger partial charge in [0, 0.05) is 0 Å². The lowest BCUT2D eigenvalue weighted by Crippen LogP contribution is -2.15. The lowest BCUT2D eigenvalue weighted by molar-refractivity contribution is 0.205. The van der Waals surface area contributed by atoms with Crippen LogP contribution in [-0.2, 0) is 4.74 Å². The van der Waals surface area contributed by atoms with Crippen LogP contribution in [0.1, 0.15) is 33.1 Å². The standard InChI is InChI=1S/C16H22O/c1-3-13-11-12-17-16-10-8-6-5-7-9-15(16)14(13)4-2/h5-10,13-14H,3-4,11-12H2,1-2H3. The lowest BCUT2D eigenvalue weighted by Gasteiger charge is -2.23. The van der Waals surface area contributed by atoms with Crippen LogP contribution < -0.4 is 0 Å². The molecule has 1 nitrogen and oxygen atoms in total. The van der Waals surface area contributed by atoms with Crippen molar-refractivity contribution in [3.05, 3.63) is 47.8 Å². The van der Waals surface area contributed by atoms with Gasteiger partial charge >= 0.3 is 0 Å². The Labute approximate surface area is 105 Å². The minimum atomic E-state index is 0.643. The first-order valence-corrected chi connectivity index (χ1v) is 6.75. The second kappa shape index (κ2) is 5.90. The summed E-state index contributed by atoms with van der Waals surface area (Å²) in [6.45, 7) is 5.44. The van der Waals surface area contributed by atoms with Crippen molar-refractivity contribution in [2.24, 2.45) is 11.8 Å². The topological polar surface area (TPSA) is 9.23 Å². The smallest absolute Gasteiger partial charge is 0.122 e. The molecule has 0 aromatic heterocycles. The van der Waals surface area contributed by atoms with E-state index in [1.807, 2.05) is 6.08 Å². The quantitative estimate of drug-likeness (QED) is 0.683. The summed E-state index contributed by atoms with van der Waals surface area (Å²) < 4.78 is 5.91. The first-order valence-electron chi connectivity index (χ1n) is 6.75. The fourth-order valence-electron chi connectivity index (χ4n) is 2.86. The van der Waals surface area contributed by atoms with E-state index in [2.05, 4.69) is 44.2 Å². The number of ether oxygens (including phenoxy) is 1. The first kappa shape index (κ1) is 12.2. The van der Waals surface area contributed by atoms with Gasteiger partial charge in [-0.05, 0) is 36.3 Å². The molecule has 2 aliphatic rings. The molecular formula is C16H22O. The monoisotopic (exact) mass is 230 g/mol. The highest BCUT2D eigenvalue weighted by molar-refractivity contribution is 5.37. The largest absolute Gasteiger partial charge is 0.493 e. The van der Waals surface area contributed by atoms with E-state index in [-0.39, 0.29) is 0 Å². The zero-order valence-corrected chi connectivity index (χ0v) is 10.9. The van der Waals surface area contributed by atoms with Crippen molar-refractivity contribution in [3.8, 4) is 0 Å². The molecule has 1 aliphatic heterocycles. The van der Waals surface area contributed by atoms with E-state index in [0.717, 1.165) is 18.3 Å². The maximum Gasteiger partial charge on any atom is 0.122 e. The van der Waals surface area contributed by atoms with Crippen LogP contribution in [0.3, 0.4) is 0 Å². The average molecular weight is 230 g/mol. The van der Waals surface area contributed by atoms with Crippen LogP contribution in [0.4, 0.5) is 0 Å². The van der Waals surface area contributed by atoms with E-state index in [1.165, 1.54) is 24.8 Å². The normalized spacial score (nSPS) is 28.1. The number of hydrogen-bond acceptors (Lipinski definition) is 1. The zero-order valence-electron chi connectivity index (χ0n) is 10.9. The molecule has 2 unspecified atom stereocenters. The van der Waals surface area contributed by atoms with Crippen LogP contribution in [0.25, 0.3) is 0 Å². The molecular weight excluding hydrogens is 208 g/mol. The Balaban J connectivity index is 2.37. The molecule has 0 aromatic rings. The molecule has 0 radical (unpaired) electrons. The summed E-state index contributed by atoms with van der Waals surface area (Å²) in [7, 11) is 0. The van der Waals surface area contributed by atoms with Crippen molar-refractivity contribution in [1.82, 2.24) is 0 Å². The number of hydrogen-bond donors (Lipinski definition) is 0. The first-order chi connectivity index (χ1) is 8.36. The SMILES string of the molecule is CCC1CCOC2=C(C=CC=CC=C2)C1CC. The summed E-state index contributed by atoms with van der Waals surface area (Å²) in [5.41, 5.74) is 1.39. The molecule has 2 atom stereocenters. The predicted molar refractivity (Wildman–Crippen MR) is 72.6 cm³/mol. The fraction of sp³-hybridized carbons (Fsp3) is 0.500. The maximum atomic E-state index is 5.91. The molecule has 0 spiro atoms. The summed E-state index contributed by atoms with van der Waals surface area (Å²) in [5, 5.41) is 0. The summed E-state index contributed by atoms with van der Waals surface area (Å²) in [5.74, 6) is 2.48. The van der Waals surface area contributed by atoms with Crippen LogP contribution in [-0.4, -0.2) is 6.61 Å². The molecule has 0 N–H and O–H groups in total. The molecule has 0 saturated carbocycles. The van der Waals surface area contributed by atoms with Crippen molar-refractivity contribution in [2.45, 2.75) is 33.1 Å². The maximum absolute atomic E-state index is 5.91. The van der Waals surface area contributed by atoms with E-state index in [9.17, 15) is 0 Å². The Morgan fingerprint density at radius 1 is 1.06 bits per heavy atom. The Kier molecular flexibility index (Phi) is 4.24. The van der Waals surface area contributed by atoms with Gasteiger partial charge in [-0.1, -0.05) is 50.6 Å². The third-order valence-corrected chi connectivity index (χ3v) is 3.82. The van der Waals surface area contributed by atoms with Crippen LogP contribution in [0.15, 0.2) is 47.8 Å². The summed E-state index contributed by atoms with van der Waals surface area (Å²) in [4.78, 5) is 0. The Morgan fingerprint density at radius 2 is 1.82 bits per heavy atom. The molecule has 1 aliphatic carbocycles. The lowest BCUT2D eigenvalue weighted by atomic mass is 9.80. The number of allylic oxidation sites excluding steroid dienone is 7. The average Bonchev–Trinajstić information content (AvgIpc) is 2.48. The highest BCUT2D eigenvalue weighted by Gasteiger charge is 2.26. The van der Waals surface area contributed by atoms with Gasteiger partial charge in [0.2, 0.25) is 0 Å². The Bertz CT molecular complexity index is 371. The van der Waals surface area contributed by atoms with Crippen molar-refractivity contribution in [3.63, 3.8) is 0 Å². The summed E-state index contributed by atoms with van der Waals surface area (Å²) in [6, 6.07) is 0. The minimum absolute atomic E-state index is 0.643. The van der Waals surface area contributed by atoms with Gasteiger partial charge in [-0.15, -0.1) is 0 Å². The summed E-state index contributed by atoms with van der Waals surface area (Å²) in [6.07, 6.45) is 16.3. The molecule has 1 heterocycles. The van der Waals surface area contributed by atoms with Gasteiger partial charge < -0.3 is 4.74 Å². The highest BCUT2D eigenvalue weighted by Crippen LogP contribution is 2.35. The van der Waals surface area contributed by atoms with Crippen molar-refractivity contribution >= 4 is 0 Å². The van der Waals surface area contributed by atoms with Crippen LogP contribution in [0.2, 0.25) is 0 Å². The molecule has 92 valence electrons. The molecule has 0 amide bonds. The number of rotatable bonds is 2. The molecule has 0 bridgehead atoms. The molecule has 0 aromatic carbocycles. The Hall–Kier alpha value is -1.24. The van der Waals surface area contributed by atoms with E-state index in [0.29, 0.717) is 5.92 Å². The van der Waals surface area contributed by atoms with Crippen molar-refractivity contribution in [1.29, 1.82) is 0 Å². The van der Waals surface area contributed by atoms with Gasteiger partial charge in [0.05, 0.1) is 6.61 Å². The third-order valence-electron chi connectivity index (χ3n) is 3.82. The fourth-order valence-corrected chi connectivity index (χ4v) is 2.86. The van der Waals surface area contributed by atoms with Gasteiger partial charge in [0.25, 0.3) is 0 Å². The van der Waals surface area contributed by atoms with E-state index >= 15 is 0 Å². The van der Waals surface area contributed by atoms with Gasteiger partial charge in [-0.3, -0.25) is 0 Å². The summed E-state index contributed by atoms with van der Waals surface area (Å²) >= 11 is 0. The van der Waals surface area contributed by atoms with Crippen LogP contribution >= 0.6 is 0 Å². The van der Waals surface area contributed by atoms with Crippen LogP contribution in [0.5, 0.6) is 0 Å². The predicted octanol–water partition coefficient (Wildman–Crippen LogP) is 4.40. The molecule has 1 heteroatoms. The third kappa shape index (κ3) is 2.71. The molecule has 0 fully saturated rings. The van der Waals surface area contributed by atoms with E-state index in [4.69, 9.17) is 4.74 Å².